The minimum atomic E-state index is -0.868. The molecule has 2 N–H and O–H groups in total. The molecule has 3 rings (SSSR count). The Bertz CT molecular complexity index is 651. The van der Waals surface area contributed by atoms with Gasteiger partial charge >= 0.3 is 5.97 Å². The molecular weight excluding hydrogens is 240 g/mol. The number of nitrogens with one attached hydrogen (secondary N) is 1. The topological polar surface area (TPSA) is 54.3 Å². The molecule has 2 aromatic rings. The summed E-state index contributed by atoms with van der Waals surface area (Å²) in [5.41, 5.74) is 2.46. The molecule has 100 valence electrons. The van der Waals surface area contributed by atoms with Crippen molar-refractivity contribution in [1.29, 1.82) is 0 Å². The van der Waals surface area contributed by atoms with Crippen molar-refractivity contribution in [2.75, 3.05) is 6.54 Å². The normalized spacial score (nSPS) is 23.1. The highest BCUT2D eigenvalue weighted by Crippen LogP contribution is 2.34. The largest absolute Gasteiger partial charge is 0.478 e. The van der Waals surface area contributed by atoms with Crippen molar-refractivity contribution < 1.29 is 9.90 Å². The maximum absolute atomic E-state index is 11.3. The molecule has 1 aliphatic heterocycles. The molecule has 0 unspecified atom stereocenters. The van der Waals surface area contributed by atoms with Gasteiger partial charge in [0.15, 0.2) is 0 Å². The predicted molar refractivity (Wildman–Crippen MR) is 74.5 cm³/mol. The van der Waals surface area contributed by atoms with Gasteiger partial charge in [-0.2, -0.15) is 0 Å². The predicted octanol–water partition coefficient (Wildman–Crippen LogP) is 2.48. The number of aromatic carboxylic acids is 1. The number of carbonyl (C=O) groups is 1. The van der Waals surface area contributed by atoms with Gasteiger partial charge in [-0.1, -0.05) is 6.07 Å². The van der Waals surface area contributed by atoms with E-state index in [1.54, 1.807) is 12.1 Å². The fourth-order valence-electron chi connectivity index (χ4n) is 3.19. The number of hydrogen-bond donors (Lipinski definition) is 2. The fourth-order valence-corrected chi connectivity index (χ4v) is 3.19. The Hall–Kier alpha value is -1.81. The maximum Gasteiger partial charge on any atom is 0.336 e. The monoisotopic (exact) mass is 258 g/mol. The van der Waals surface area contributed by atoms with Gasteiger partial charge in [0.05, 0.1) is 11.1 Å². The average molecular weight is 258 g/mol. The highest BCUT2D eigenvalue weighted by atomic mass is 16.4. The number of aromatic nitrogens is 1. The minimum Gasteiger partial charge on any atom is -0.478 e. The Morgan fingerprint density at radius 3 is 2.89 bits per heavy atom. The quantitative estimate of drug-likeness (QED) is 0.870. The first-order valence-electron chi connectivity index (χ1n) is 6.60. The van der Waals surface area contributed by atoms with Crippen LogP contribution in [0, 0.1) is 0 Å². The Kier molecular flexibility index (Phi) is 2.64. The van der Waals surface area contributed by atoms with Crippen LogP contribution in [0.25, 0.3) is 10.9 Å². The van der Waals surface area contributed by atoms with Gasteiger partial charge < -0.3 is 15.0 Å². The second-order valence-corrected chi connectivity index (χ2v) is 5.49. The number of rotatable bonds is 2. The zero-order chi connectivity index (χ0) is 13.6. The van der Waals surface area contributed by atoms with Crippen LogP contribution < -0.4 is 5.32 Å². The summed E-state index contributed by atoms with van der Waals surface area (Å²) in [6.07, 6.45) is 2.24. The summed E-state index contributed by atoms with van der Waals surface area (Å²) in [7, 11) is 2.01. The summed E-state index contributed by atoms with van der Waals surface area (Å²) >= 11 is 0. The van der Waals surface area contributed by atoms with Crippen LogP contribution in [0.1, 0.15) is 35.8 Å². The van der Waals surface area contributed by atoms with Crippen molar-refractivity contribution >= 4 is 16.9 Å². The van der Waals surface area contributed by atoms with Crippen LogP contribution in [0.2, 0.25) is 0 Å². The molecular formula is C15H18N2O2. The zero-order valence-electron chi connectivity index (χ0n) is 11.2. The third kappa shape index (κ3) is 1.75. The van der Waals surface area contributed by atoms with Gasteiger partial charge in [-0.25, -0.2) is 4.79 Å². The highest BCUT2D eigenvalue weighted by molar-refractivity contribution is 6.03. The first-order chi connectivity index (χ1) is 9.03. The standard InChI is InChI=1S/C15H18N2O2/c1-15(7-4-8-16-15)13-9-11-10(14(18)19)5-3-6-12(11)17(13)2/h3,5-6,9,16H,4,7-8H2,1-2H3,(H,18,19)/t15-/m1/s1. The van der Waals surface area contributed by atoms with E-state index in [-0.39, 0.29) is 5.54 Å². The van der Waals surface area contributed by atoms with Crippen molar-refractivity contribution in [2.24, 2.45) is 7.05 Å². The van der Waals surface area contributed by atoms with Gasteiger partial charge in [-0.15, -0.1) is 0 Å². The van der Waals surface area contributed by atoms with E-state index in [0.717, 1.165) is 36.0 Å². The van der Waals surface area contributed by atoms with Gasteiger partial charge in [0, 0.05) is 23.6 Å². The number of benzene rings is 1. The Morgan fingerprint density at radius 1 is 1.47 bits per heavy atom. The second kappa shape index (κ2) is 4.10. The molecule has 1 aliphatic rings. The lowest BCUT2D eigenvalue weighted by Gasteiger charge is -2.25. The van der Waals surface area contributed by atoms with Crippen molar-refractivity contribution in [3.8, 4) is 0 Å². The Labute approximate surface area is 112 Å². The molecule has 1 aromatic heterocycles. The SMILES string of the molecule is Cn1c([C@@]2(C)CCCN2)cc2c(C(=O)O)cccc21. The number of aryl methyl sites for hydroxylation is 1. The first-order valence-corrected chi connectivity index (χ1v) is 6.60. The van der Waals surface area contributed by atoms with E-state index in [1.165, 1.54) is 0 Å². The molecule has 4 nitrogen and oxygen atoms in total. The van der Waals surface area contributed by atoms with Crippen LogP contribution in [0.4, 0.5) is 0 Å². The minimum absolute atomic E-state index is 0.0520. The summed E-state index contributed by atoms with van der Waals surface area (Å²) in [6.45, 7) is 3.21. The zero-order valence-corrected chi connectivity index (χ0v) is 11.2. The summed E-state index contributed by atoms with van der Waals surface area (Å²) in [5, 5.41) is 13.6. The third-order valence-electron chi connectivity index (χ3n) is 4.25. The van der Waals surface area contributed by atoms with E-state index in [2.05, 4.69) is 16.8 Å². The van der Waals surface area contributed by atoms with Gasteiger partial charge in [0.1, 0.15) is 0 Å². The molecule has 1 saturated heterocycles. The number of fused-ring (bicyclic) bond motifs is 1. The van der Waals surface area contributed by atoms with Gasteiger partial charge in [0.25, 0.3) is 0 Å². The maximum atomic E-state index is 11.3. The molecule has 1 fully saturated rings. The van der Waals surface area contributed by atoms with Gasteiger partial charge in [-0.3, -0.25) is 0 Å². The molecule has 2 heterocycles. The molecule has 1 aromatic carbocycles. The van der Waals surface area contributed by atoms with E-state index in [0.29, 0.717) is 5.56 Å². The van der Waals surface area contributed by atoms with Crippen LogP contribution >= 0.6 is 0 Å². The van der Waals surface area contributed by atoms with Crippen LogP contribution in [0.15, 0.2) is 24.3 Å². The molecule has 1 atom stereocenters. The molecule has 0 saturated carbocycles. The van der Waals surface area contributed by atoms with Gasteiger partial charge in [0.2, 0.25) is 0 Å². The summed E-state index contributed by atoms with van der Waals surface area (Å²) in [4.78, 5) is 11.3. The molecule has 0 bridgehead atoms. The molecule has 0 radical (unpaired) electrons. The van der Waals surface area contributed by atoms with Crippen molar-refractivity contribution in [3.05, 3.63) is 35.5 Å². The van der Waals surface area contributed by atoms with E-state index in [1.807, 2.05) is 19.2 Å². The molecule has 0 amide bonds. The molecule has 19 heavy (non-hydrogen) atoms. The third-order valence-corrected chi connectivity index (χ3v) is 4.25. The lowest BCUT2D eigenvalue weighted by Crippen LogP contribution is -2.34. The molecule has 0 spiro atoms. The van der Waals surface area contributed by atoms with E-state index < -0.39 is 5.97 Å². The smallest absolute Gasteiger partial charge is 0.336 e. The van der Waals surface area contributed by atoms with Crippen LogP contribution in [0.3, 0.4) is 0 Å². The van der Waals surface area contributed by atoms with Crippen molar-refractivity contribution in [1.82, 2.24) is 9.88 Å². The Morgan fingerprint density at radius 2 is 2.26 bits per heavy atom. The number of carboxylic acid groups (broad SMARTS) is 1. The summed E-state index contributed by atoms with van der Waals surface area (Å²) in [6, 6.07) is 7.47. The van der Waals surface area contributed by atoms with Crippen molar-refractivity contribution in [2.45, 2.75) is 25.3 Å². The number of hydrogen-bond acceptors (Lipinski definition) is 2. The first kappa shape index (κ1) is 12.2. The lowest BCUT2D eigenvalue weighted by molar-refractivity contribution is 0.0699. The number of carboxylic acids is 1. The Balaban J connectivity index is 2.25. The van der Waals surface area contributed by atoms with E-state index in [9.17, 15) is 9.90 Å². The fraction of sp³-hybridized carbons (Fsp3) is 0.400. The van der Waals surface area contributed by atoms with Crippen LogP contribution in [0.5, 0.6) is 0 Å². The van der Waals surface area contributed by atoms with Gasteiger partial charge in [-0.05, 0) is 44.5 Å². The van der Waals surface area contributed by atoms with E-state index in [4.69, 9.17) is 0 Å². The van der Waals surface area contributed by atoms with Crippen LogP contribution in [-0.2, 0) is 12.6 Å². The number of nitrogens with zero attached hydrogens (tertiary/aromatic N) is 1. The second-order valence-electron chi connectivity index (χ2n) is 5.49. The van der Waals surface area contributed by atoms with Crippen LogP contribution in [-0.4, -0.2) is 22.2 Å². The van der Waals surface area contributed by atoms with Crippen molar-refractivity contribution in [3.63, 3.8) is 0 Å². The molecule has 0 aliphatic carbocycles. The average Bonchev–Trinajstić information content (AvgIpc) is 2.95. The summed E-state index contributed by atoms with van der Waals surface area (Å²) in [5.74, 6) is -0.868. The summed E-state index contributed by atoms with van der Waals surface area (Å²) < 4.78 is 2.11. The van der Waals surface area contributed by atoms with E-state index >= 15 is 0 Å². The molecule has 4 heteroatoms. The highest BCUT2D eigenvalue weighted by Gasteiger charge is 2.33. The lowest BCUT2D eigenvalue weighted by atomic mass is 9.95.